The maximum absolute atomic E-state index is 13.6. The number of hydrogen-bond donors (Lipinski definition) is 2. The summed E-state index contributed by atoms with van der Waals surface area (Å²) in [6, 6.07) is 8.97. The molecule has 1 aliphatic rings. The molecule has 8 nitrogen and oxygen atoms in total. The number of aliphatic hydroxyl groups excluding tert-OH is 1. The van der Waals surface area contributed by atoms with E-state index in [9.17, 15) is 19.1 Å². The van der Waals surface area contributed by atoms with Crippen LogP contribution < -0.4 is 5.32 Å². The normalized spacial score (nSPS) is 17.5. The lowest BCUT2D eigenvalue weighted by Crippen LogP contribution is -2.52. The van der Waals surface area contributed by atoms with E-state index < -0.39 is 28.9 Å². The van der Waals surface area contributed by atoms with Gasteiger partial charge < -0.3 is 20.1 Å². The van der Waals surface area contributed by atoms with E-state index in [4.69, 9.17) is 4.74 Å². The van der Waals surface area contributed by atoms with Crippen LogP contribution in [0.2, 0.25) is 0 Å². The minimum absolute atomic E-state index is 0.0850. The monoisotopic (exact) mass is 454 g/mol. The molecule has 1 amide bonds. The zero-order valence-corrected chi connectivity index (χ0v) is 19.1. The Morgan fingerprint density at radius 1 is 1.39 bits per heavy atom. The number of aliphatic imine (C=N–C) groups is 1. The molecule has 0 bridgehead atoms. The van der Waals surface area contributed by atoms with Crippen molar-refractivity contribution in [3.05, 3.63) is 65.1 Å². The fourth-order valence-electron chi connectivity index (χ4n) is 3.59. The van der Waals surface area contributed by atoms with Crippen molar-refractivity contribution in [3.8, 4) is 11.1 Å². The summed E-state index contributed by atoms with van der Waals surface area (Å²) in [6.45, 7) is 6.34. The van der Waals surface area contributed by atoms with Gasteiger partial charge in [-0.05, 0) is 38.0 Å². The highest BCUT2D eigenvalue weighted by Crippen LogP contribution is 2.25. The number of pyridine rings is 1. The second-order valence-electron chi connectivity index (χ2n) is 8.24. The highest BCUT2D eigenvalue weighted by Gasteiger charge is 2.34. The SMILES string of the molecule is Cc1cc(-c2ccccc2CNC(=O)/C(N=C2N(C)CCOC2(C)C)=C(\O)C=O)cnc1F. The van der Waals surface area contributed by atoms with E-state index in [0.29, 0.717) is 30.1 Å². The topological polar surface area (TPSA) is 104 Å². The standard InChI is InChI=1S/C24H27FN4O4/c1-15-11-17(13-26-21(15)25)18-8-6-5-7-16(18)12-27-22(32)20(19(31)14-30)28-23-24(2,3)33-10-9-29(23)4/h5-8,11,13-14,31H,9-10,12H2,1-4H3,(H,27,32)/b20-19+,28-23?. The number of hydrogen-bond acceptors (Lipinski definition) is 6. The molecule has 0 radical (unpaired) electrons. The van der Waals surface area contributed by atoms with Gasteiger partial charge in [-0.1, -0.05) is 24.3 Å². The number of halogens is 1. The fourth-order valence-corrected chi connectivity index (χ4v) is 3.59. The number of aryl methyl sites for hydroxylation is 1. The molecule has 1 saturated heterocycles. The number of carbonyl (C=O) groups is 2. The Labute approximate surface area is 191 Å². The Kier molecular flexibility index (Phi) is 7.23. The lowest BCUT2D eigenvalue weighted by atomic mass is 10.00. The van der Waals surface area contributed by atoms with Crippen LogP contribution in [0.4, 0.5) is 4.39 Å². The summed E-state index contributed by atoms with van der Waals surface area (Å²) in [6.07, 6.45) is 1.61. The Hall–Kier alpha value is -3.59. The molecule has 0 saturated carbocycles. The summed E-state index contributed by atoms with van der Waals surface area (Å²) in [5.74, 6) is -1.62. The Morgan fingerprint density at radius 2 is 2.12 bits per heavy atom. The van der Waals surface area contributed by atoms with Crippen molar-refractivity contribution in [3.63, 3.8) is 0 Å². The van der Waals surface area contributed by atoms with Gasteiger partial charge in [0.15, 0.2) is 17.7 Å². The van der Waals surface area contributed by atoms with E-state index in [-0.39, 0.29) is 12.8 Å². The third kappa shape index (κ3) is 5.43. The number of ether oxygens (including phenoxy) is 1. The molecule has 9 heteroatoms. The smallest absolute Gasteiger partial charge is 0.274 e. The molecule has 2 aromatic rings. The molecule has 33 heavy (non-hydrogen) atoms. The number of nitrogens with zero attached hydrogens (tertiary/aromatic N) is 3. The minimum Gasteiger partial charge on any atom is -0.503 e. The molecule has 174 valence electrons. The van der Waals surface area contributed by atoms with Crippen LogP contribution in [0.5, 0.6) is 0 Å². The van der Waals surface area contributed by atoms with Crippen molar-refractivity contribution >= 4 is 18.0 Å². The highest BCUT2D eigenvalue weighted by molar-refractivity contribution is 6.02. The van der Waals surface area contributed by atoms with Gasteiger partial charge in [-0.25, -0.2) is 9.98 Å². The van der Waals surface area contributed by atoms with Crippen molar-refractivity contribution in [2.75, 3.05) is 20.2 Å². The van der Waals surface area contributed by atoms with Gasteiger partial charge in [0.1, 0.15) is 11.4 Å². The Balaban J connectivity index is 1.88. The first-order valence-electron chi connectivity index (χ1n) is 10.5. The maximum atomic E-state index is 13.6. The lowest BCUT2D eigenvalue weighted by Gasteiger charge is -2.38. The van der Waals surface area contributed by atoms with E-state index >= 15 is 0 Å². The zero-order valence-electron chi connectivity index (χ0n) is 19.1. The van der Waals surface area contributed by atoms with E-state index in [1.807, 2.05) is 29.2 Å². The molecule has 0 aliphatic carbocycles. The maximum Gasteiger partial charge on any atom is 0.274 e. The highest BCUT2D eigenvalue weighted by atomic mass is 19.1. The average molecular weight is 455 g/mol. The molecule has 0 unspecified atom stereocenters. The summed E-state index contributed by atoms with van der Waals surface area (Å²) in [5, 5.41) is 12.8. The van der Waals surface area contributed by atoms with Gasteiger partial charge >= 0.3 is 0 Å². The largest absolute Gasteiger partial charge is 0.503 e. The summed E-state index contributed by atoms with van der Waals surface area (Å²) >= 11 is 0. The van der Waals surface area contributed by atoms with E-state index in [1.54, 1.807) is 33.9 Å². The van der Waals surface area contributed by atoms with Crippen LogP contribution in [0.15, 0.2) is 53.0 Å². The van der Waals surface area contributed by atoms with Crippen LogP contribution >= 0.6 is 0 Å². The number of amidine groups is 1. The van der Waals surface area contributed by atoms with Crippen LogP contribution in [0.1, 0.15) is 25.0 Å². The third-order valence-electron chi connectivity index (χ3n) is 5.36. The number of carbonyl (C=O) groups excluding carboxylic acids is 2. The van der Waals surface area contributed by atoms with Crippen molar-refractivity contribution < 1.29 is 23.8 Å². The number of aromatic nitrogens is 1. The van der Waals surface area contributed by atoms with Gasteiger partial charge in [-0.2, -0.15) is 4.39 Å². The number of aliphatic hydroxyl groups is 1. The molecule has 1 aromatic heterocycles. The van der Waals surface area contributed by atoms with Gasteiger partial charge in [0, 0.05) is 37.5 Å². The molecule has 2 N–H and O–H groups in total. The first-order chi connectivity index (χ1) is 15.6. The van der Waals surface area contributed by atoms with Gasteiger partial charge in [0.2, 0.25) is 5.95 Å². The fraction of sp³-hybridized carbons (Fsp3) is 0.333. The number of morpholine rings is 1. The lowest BCUT2D eigenvalue weighted by molar-refractivity contribution is -0.118. The van der Waals surface area contributed by atoms with Crippen LogP contribution in [-0.2, 0) is 20.9 Å². The summed E-state index contributed by atoms with van der Waals surface area (Å²) in [5.41, 5.74) is 1.42. The predicted molar refractivity (Wildman–Crippen MR) is 122 cm³/mol. The predicted octanol–water partition coefficient (Wildman–Crippen LogP) is 2.92. The number of likely N-dealkylation sites (N-methyl/N-ethyl adjacent to an activating group) is 1. The molecular formula is C24H27FN4O4. The van der Waals surface area contributed by atoms with Gasteiger partial charge in [0.25, 0.3) is 5.91 Å². The minimum atomic E-state index is -0.804. The first-order valence-corrected chi connectivity index (χ1v) is 10.5. The number of rotatable bonds is 6. The molecule has 2 heterocycles. The summed E-state index contributed by atoms with van der Waals surface area (Å²) in [7, 11) is 1.80. The van der Waals surface area contributed by atoms with E-state index in [1.165, 1.54) is 6.20 Å². The number of amides is 1. The van der Waals surface area contributed by atoms with Crippen LogP contribution in [0.25, 0.3) is 11.1 Å². The van der Waals surface area contributed by atoms with Crippen LogP contribution in [0.3, 0.4) is 0 Å². The van der Waals surface area contributed by atoms with Gasteiger partial charge in [-0.15, -0.1) is 0 Å². The van der Waals surface area contributed by atoms with Crippen LogP contribution in [-0.4, -0.2) is 58.8 Å². The second-order valence-corrected chi connectivity index (χ2v) is 8.24. The quantitative estimate of drug-likeness (QED) is 0.301. The molecule has 3 rings (SSSR count). The van der Waals surface area contributed by atoms with Crippen molar-refractivity contribution in [2.24, 2.45) is 4.99 Å². The molecule has 1 aromatic carbocycles. The van der Waals surface area contributed by atoms with Gasteiger partial charge in [-0.3, -0.25) is 9.59 Å². The van der Waals surface area contributed by atoms with Crippen molar-refractivity contribution in [1.82, 2.24) is 15.2 Å². The number of aldehydes is 1. The third-order valence-corrected chi connectivity index (χ3v) is 5.36. The zero-order chi connectivity index (χ0) is 24.2. The molecule has 1 aliphatic heterocycles. The number of allylic oxidation sites excluding steroid dienone is 1. The Bertz CT molecular complexity index is 1130. The second kappa shape index (κ2) is 9.91. The average Bonchev–Trinajstić information content (AvgIpc) is 2.78. The molecule has 0 atom stereocenters. The number of benzene rings is 1. The first kappa shape index (κ1) is 24.1. The number of nitrogens with one attached hydrogen (secondary N) is 1. The van der Waals surface area contributed by atoms with Crippen molar-refractivity contribution in [1.29, 1.82) is 0 Å². The Morgan fingerprint density at radius 3 is 2.79 bits per heavy atom. The van der Waals surface area contributed by atoms with E-state index in [2.05, 4.69) is 15.3 Å². The summed E-state index contributed by atoms with van der Waals surface area (Å²) in [4.78, 5) is 34.1. The van der Waals surface area contributed by atoms with E-state index in [0.717, 1.165) is 11.1 Å². The summed E-state index contributed by atoms with van der Waals surface area (Å²) < 4.78 is 19.3. The van der Waals surface area contributed by atoms with Crippen LogP contribution in [0, 0.1) is 12.9 Å². The van der Waals surface area contributed by atoms with Gasteiger partial charge in [0.05, 0.1) is 6.61 Å². The molecular weight excluding hydrogens is 427 g/mol. The van der Waals surface area contributed by atoms with Crippen molar-refractivity contribution in [2.45, 2.75) is 32.9 Å². The molecule has 0 spiro atoms. The molecule has 1 fully saturated rings.